The summed E-state index contributed by atoms with van der Waals surface area (Å²) in [5.74, 6) is -1.50. The number of aliphatic carboxylic acids is 1. The molecule has 0 fully saturated rings. The zero-order chi connectivity index (χ0) is 10.6. The van der Waals surface area contributed by atoms with Crippen molar-refractivity contribution in [2.24, 2.45) is 5.92 Å². The largest absolute Gasteiger partial charge is 0.550 e. The molecular weight excluding hydrogens is 196 g/mol. The van der Waals surface area contributed by atoms with Gasteiger partial charge in [0.15, 0.2) is 0 Å². The van der Waals surface area contributed by atoms with E-state index in [1.807, 2.05) is 0 Å². The minimum atomic E-state index is -3.61. The Morgan fingerprint density at radius 2 is 1.92 bits per heavy atom. The van der Waals surface area contributed by atoms with Gasteiger partial charge in [-0.2, -0.15) is 8.42 Å². The Bertz CT molecular complexity index is 267. The van der Waals surface area contributed by atoms with E-state index in [2.05, 4.69) is 4.18 Å². The summed E-state index contributed by atoms with van der Waals surface area (Å²) >= 11 is 0. The molecule has 0 radical (unpaired) electrons. The van der Waals surface area contributed by atoms with Gasteiger partial charge < -0.3 is 9.90 Å². The summed E-state index contributed by atoms with van der Waals surface area (Å²) in [5, 5.41) is 10.2. The average Bonchev–Trinajstić information content (AvgIpc) is 1.81. The molecule has 0 saturated carbocycles. The molecule has 0 heterocycles. The van der Waals surface area contributed by atoms with Crippen LogP contribution >= 0.6 is 0 Å². The fraction of sp³-hybridized carbons (Fsp3) is 0.857. The van der Waals surface area contributed by atoms with Gasteiger partial charge in [-0.15, -0.1) is 0 Å². The molecule has 0 aliphatic carbocycles. The zero-order valence-electron chi connectivity index (χ0n) is 7.81. The van der Waals surface area contributed by atoms with Gasteiger partial charge in [0.2, 0.25) is 0 Å². The smallest absolute Gasteiger partial charge is 0.264 e. The SMILES string of the molecule is CC(C)C(CC(=O)[O-])OS(C)(=O)=O. The molecule has 1 unspecified atom stereocenters. The maximum atomic E-state index is 10.7. The van der Waals surface area contributed by atoms with E-state index >= 15 is 0 Å². The fourth-order valence-electron chi connectivity index (χ4n) is 0.770. The highest BCUT2D eigenvalue weighted by Gasteiger charge is 2.19. The summed E-state index contributed by atoms with van der Waals surface area (Å²) in [7, 11) is -3.61. The first-order valence-electron chi connectivity index (χ1n) is 3.80. The first kappa shape index (κ1) is 12.4. The number of carbonyl (C=O) groups excluding carboxylic acids is 1. The first-order valence-corrected chi connectivity index (χ1v) is 5.62. The van der Waals surface area contributed by atoms with Gasteiger partial charge >= 0.3 is 0 Å². The Morgan fingerprint density at radius 3 is 2.15 bits per heavy atom. The van der Waals surface area contributed by atoms with Gasteiger partial charge in [-0.3, -0.25) is 4.18 Å². The van der Waals surface area contributed by atoms with Crippen LogP contribution in [0.2, 0.25) is 0 Å². The lowest BCUT2D eigenvalue weighted by molar-refractivity contribution is -0.307. The Labute approximate surface area is 77.8 Å². The van der Waals surface area contributed by atoms with E-state index in [4.69, 9.17) is 0 Å². The summed E-state index contributed by atoms with van der Waals surface area (Å²) < 4.78 is 25.9. The maximum Gasteiger partial charge on any atom is 0.264 e. The highest BCUT2D eigenvalue weighted by atomic mass is 32.2. The molecule has 0 saturated heterocycles. The molecule has 1 atom stereocenters. The Kier molecular flexibility index (Phi) is 4.35. The van der Waals surface area contributed by atoms with Crippen molar-refractivity contribution in [3.05, 3.63) is 0 Å². The molecule has 6 heteroatoms. The van der Waals surface area contributed by atoms with Gasteiger partial charge in [0.05, 0.1) is 12.4 Å². The van der Waals surface area contributed by atoms with Crippen LogP contribution in [-0.2, 0) is 19.1 Å². The third-order valence-electron chi connectivity index (χ3n) is 1.41. The highest BCUT2D eigenvalue weighted by Crippen LogP contribution is 2.12. The van der Waals surface area contributed by atoms with Crippen LogP contribution < -0.4 is 5.11 Å². The zero-order valence-corrected chi connectivity index (χ0v) is 8.63. The van der Waals surface area contributed by atoms with Crippen molar-refractivity contribution >= 4 is 16.1 Å². The van der Waals surface area contributed by atoms with Crippen LogP contribution in [0.25, 0.3) is 0 Å². The van der Waals surface area contributed by atoms with Gasteiger partial charge in [0, 0.05) is 12.4 Å². The second-order valence-corrected chi connectivity index (χ2v) is 4.76. The molecule has 0 aromatic carbocycles. The van der Waals surface area contributed by atoms with Crippen LogP contribution in [0, 0.1) is 5.92 Å². The van der Waals surface area contributed by atoms with E-state index in [0.29, 0.717) is 0 Å². The van der Waals surface area contributed by atoms with Gasteiger partial charge in [0.1, 0.15) is 0 Å². The Balaban J connectivity index is 4.36. The summed E-state index contributed by atoms with van der Waals surface area (Å²) in [4.78, 5) is 10.2. The van der Waals surface area contributed by atoms with E-state index in [-0.39, 0.29) is 5.92 Å². The number of hydrogen-bond donors (Lipinski definition) is 0. The predicted octanol–water partition coefficient (Wildman–Crippen LogP) is -0.873. The summed E-state index contributed by atoms with van der Waals surface area (Å²) in [5.41, 5.74) is 0. The normalized spacial score (nSPS) is 14.5. The molecule has 0 bridgehead atoms. The Hall–Kier alpha value is -0.620. The second-order valence-electron chi connectivity index (χ2n) is 3.16. The fourth-order valence-corrected chi connectivity index (χ4v) is 1.51. The highest BCUT2D eigenvalue weighted by molar-refractivity contribution is 7.86. The third kappa shape index (κ3) is 6.53. The predicted molar refractivity (Wildman–Crippen MR) is 44.2 cm³/mol. The molecule has 0 aromatic heterocycles. The molecule has 0 spiro atoms. The maximum absolute atomic E-state index is 10.7. The lowest BCUT2D eigenvalue weighted by atomic mass is 10.1. The second kappa shape index (κ2) is 4.57. The van der Waals surface area contributed by atoms with Crippen molar-refractivity contribution < 1.29 is 22.5 Å². The topological polar surface area (TPSA) is 83.5 Å². The van der Waals surface area contributed by atoms with Gasteiger partial charge in [-0.05, 0) is 5.92 Å². The van der Waals surface area contributed by atoms with Gasteiger partial charge in [-0.1, -0.05) is 13.8 Å². The lowest BCUT2D eigenvalue weighted by Gasteiger charge is -2.19. The van der Waals surface area contributed by atoms with E-state index < -0.39 is 28.6 Å². The number of carbonyl (C=O) groups is 1. The van der Waals surface area contributed by atoms with Crippen molar-refractivity contribution in [1.82, 2.24) is 0 Å². The lowest BCUT2D eigenvalue weighted by Crippen LogP contribution is -2.32. The quantitative estimate of drug-likeness (QED) is 0.549. The molecule has 0 N–H and O–H groups in total. The third-order valence-corrected chi connectivity index (χ3v) is 2.01. The van der Waals surface area contributed by atoms with Crippen LogP contribution in [0.15, 0.2) is 0 Å². The summed E-state index contributed by atoms with van der Waals surface area (Å²) in [6, 6.07) is 0. The molecule has 0 rings (SSSR count). The summed E-state index contributed by atoms with van der Waals surface area (Å²) in [6.07, 6.45) is -0.373. The first-order chi connectivity index (χ1) is 5.72. The molecule has 5 nitrogen and oxygen atoms in total. The molecule has 0 aromatic rings. The van der Waals surface area contributed by atoms with Crippen LogP contribution in [0.4, 0.5) is 0 Å². The van der Waals surface area contributed by atoms with Crippen molar-refractivity contribution in [2.75, 3.05) is 6.26 Å². The van der Waals surface area contributed by atoms with Gasteiger partial charge in [0.25, 0.3) is 10.1 Å². The Morgan fingerprint density at radius 1 is 1.46 bits per heavy atom. The number of hydrogen-bond acceptors (Lipinski definition) is 5. The van der Waals surface area contributed by atoms with Crippen LogP contribution in [-0.4, -0.2) is 26.7 Å². The van der Waals surface area contributed by atoms with Crippen molar-refractivity contribution in [3.63, 3.8) is 0 Å². The molecule has 13 heavy (non-hydrogen) atoms. The molecular formula is C7H13O5S-. The molecule has 0 aliphatic rings. The monoisotopic (exact) mass is 209 g/mol. The number of carboxylic acid groups (broad SMARTS) is 1. The van der Waals surface area contributed by atoms with Gasteiger partial charge in [-0.25, -0.2) is 0 Å². The van der Waals surface area contributed by atoms with E-state index in [0.717, 1.165) is 6.26 Å². The van der Waals surface area contributed by atoms with Crippen LogP contribution in [0.5, 0.6) is 0 Å². The van der Waals surface area contributed by atoms with Crippen LogP contribution in [0.3, 0.4) is 0 Å². The molecule has 0 amide bonds. The molecule has 0 aliphatic heterocycles. The van der Waals surface area contributed by atoms with E-state index in [9.17, 15) is 18.3 Å². The average molecular weight is 209 g/mol. The van der Waals surface area contributed by atoms with E-state index in [1.54, 1.807) is 13.8 Å². The van der Waals surface area contributed by atoms with E-state index in [1.165, 1.54) is 0 Å². The number of carboxylic acids is 1. The van der Waals surface area contributed by atoms with Crippen molar-refractivity contribution in [3.8, 4) is 0 Å². The number of rotatable bonds is 5. The standard InChI is InChI=1S/C7H14O5S/c1-5(2)6(4-7(8)9)12-13(3,10)11/h5-6H,4H2,1-3H3,(H,8,9)/p-1. The minimum absolute atomic E-state index is 0.187. The van der Waals surface area contributed by atoms with Crippen molar-refractivity contribution in [2.45, 2.75) is 26.4 Å². The van der Waals surface area contributed by atoms with Crippen LogP contribution in [0.1, 0.15) is 20.3 Å². The summed E-state index contributed by atoms with van der Waals surface area (Å²) in [6.45, 7) is 3.36. The molecule has 78 valence electrons. The minimum Gasteiger partial charge on any atom is -0.550 e. The van der Waals surface area contributed by atoms with Crippen molar-refractivity contribution in [1.29, 1.82) is 0 Å².